The molecule has 15 heavy (non-hydrogen) atoms. The molecular formula is C11H13N3O. The number of benzene rings is 1. The van der Waals surface area contributed by atoms with Gasteiger partial charge in [0.1, 0.15) is 6.10 Å². The van der Waals surface area contributed by atoms with E-state index in [1.54, 1.807) is 29.2 Å². The lowest BCUT2D eigenvalue weighted by atomic mass is 10.0. The minimum atomic E-state index is -0.665. The van der Waals surface area contributed by atoms with Crippen LogP contribution in [0.1, 0.15) is 17.2 Å². The van der Waals surface area contributed by atoms with Gasteiger partial charge in [-0.25, -0.2) is 0 Å². The molecule has 4 nitrogen and oxygen atoms in total. The van der Waals surface area contributed by atoms with Gasteiger partial charge in [0, 0.05) is 24.5 Å². The number of anilines is 1. The number of nitrogen functional groups attached to an aromatic ring is 1. The molecule has 0 fully saturated rings. The average molecular weight is 203 g/mol. The van der Waals surface area contributed by atoms with Crippen molar-refractivity contribution >= 4 is 5.69 Å². The van der Waals surface area contributed by atoms with E-state index >= 15 is 0 Å². The molecule has 3 N–H and O–H groups in total. The first-order valence-electron chi connectivity index (χ1n) is 4.69. The lowest BCUT2D eigenvalue weighted by molar-refractivity contribution is 0.220. The zero-order valence-electron chi connectivity index (χ0n) is 8.46. The van der Waals surface area contributed by atoms with Gasteiger partial charge in [-0.3, -0.25) is 4.68 Å². The molecule has 1 heterocycles. The Morgan fingerprint density at radius 3 is 2.80 bits per heavy atom. The normalized spacial score (nSPS) is 12.7. The molecule has 0 bridgehead atoms. The van der Waals surface area contributed by atoms with Crippen molar-refractivity contribution in [2.75, 3.05) is 5.73 Å². The van der Waals surface area contributed by atoms with Crippen LogP contribution < -0.4 is 5.73 Å². The molecule has 1 aromatic carbocycles. The zero-order valence-corrected chi connectivity index (χ0v) is 8.46. The second-order valence-electron chi connectivity index (χ2n) is 3.52. The molecule has 1 unspecified atom stereocenters. The summed E-state index contributed by atoms with van der Waals surface area (Å²) >= 11 is 0. The summed E-state index contributed by atoms with van der Waals surface area (Å²) in [5, 5.41) is 14.0. The van der Waals surface area contributed by atoms with Crippen molar-refractivity contribution in [3.05, 3.63) is 47.8 Å². The van der Waals surface area contributed by atoms with Crippen molar-refractivity contribution in [2.45, 2.75) is 6.10 Å². The number of nitrogens with zero attached hydrogens (tertiary/aromatic N) is 2. The summed E-state index contributed by atoms with van der Waals surface area (Å²) in [6.45, 7) is 0. The molecule has 0 aliphatic heterocycles. The molecule has 0 spiro atoms. The van der Waals surface area contributed by atoms with Crippen LogP contribution in [0.25, 0.3) is 0 Å². The number of aromatic nitrogens is 2. The van der Waals surface area contributed by atoms with Crippen molar-refractivity contribution in [1.29, 1.82) is 0 Å². The van der Waals surface area contributed by atoms with E-state index in [9.17, 15) is 5.11 Å². The molecule has 0 saturated heterocycles. The fraction of sp³-hybridized carbons (Fsp3) is 0.182. The number of aliphatic hydroxyl groups is 1. The standard InChI is InChI=1S/C11H13N3O/c1-14-7-9(6-13-14)11(15)8-3-2-4-10(12)5-8/h2-7,11,15H,12H2,1H3. The second-order valence-corrected chi connectivity index (χ2v) is 3.52. The Hall–Kier alpha value is -1.81. The zero-order chi connectivity index (χ0) is 10.8. The Balaban J connectivity index is 2.32. The number of nitrogens with two attached hydrogens (primary N) is 1. The molecule has 78 valence electrons. The minimum absolute atomic E-state index is 0.649. The highest BCUT2D eigenvalue weighted by Gasteiger charge is 2.11. The summed E-state index contributed by atoms with van der Waals surface area (Å²) in [5.41, 5.74) is 7.84. The quantitative estimate of drug-likeness (QED) is 0.718. The summed E-state index contributed by atoms with van der Waals surface area (Å²) in [6.07, 6.45) is 2.77. The van der Waals surface area contributed by atoms with Crippen LogP contribution in [-0.2, 0) is 7.05 Å². The lowest BCUT2D eigenvalue weighted by Gasteiger charge is -2.08. The third-order valence-corrected chi connectivity index (χ3v) is 2.27. The van der Waals surface area contributed by atoms with Crippen molar-refractivity contribution < 1.29 is 5.11 Å². The van der Waals surface area contributed by atoms with Crippen LogP contribution in [0.15, 0.2) is 36.7 Å². The van der Waals surface area contributed by atoms with E-state index in [1.165, 1.54) is 0 Å². The van der Waals surface area contributed by atoms with Crippen LogP contribution in [0.2, 0.25) is 0 Å². The van der Waals surface area contributed by atoms with Gasteiger partial charge in [0.2, 0.25) is 0 Å². The highest BCUT2D eigenvalue weighted by molar-refractivity contribution is 5.43. The smallest absolute Gasteiger partial charge is 0.107 e. The minimum Gasteiger partial charge on any atom is -0.399 e. The van der Waals surface area contributed by atoms with Gasteiger partial charge in [0.15, 0.2) is 0 Å². The molecule has 1 atom stereocenters. The van der Waals surface area contributed by atoms with E-state index in [4.69, 9.17) is 5.73 Å². The van der Waals surface area contributed by atoms with E-state index in [1.807, 2.05) is 19.2 Å². The number of hydrogen-bond donors (Lipinski definition) is 2. The molecule has 2 rings (SSSR count). The van der Waals surface area contributed by atoms with Crippen molar-refractivity contribution in [1.82, 2.24) is 9.78 Å². The van der Waals surface area contributed by atoms with E-state index in [-0.39, 0.29) is 0 Å². The molecule has 0 aliphatic rings. The summed E-state index contributed by atoms with van der Waals surface area (Å²) in [5.74, 6) is 0. The van der Waals surface area contributed by atoms with Crippen molar-refractivity contribution in [3.8, 4) is 0 Å². The molecule has 4 heteroatoms. The maximum absolute atomic E-state index is 10.0. The van der Waals surface area contributed by atoms with Gasteiger partial charge in [-0.15, -0.1) is 0 Å². The molecule has 0 aliphatic carbocycles. The first-order chi connectivity index (χ1) is 7.16. The summed E-state index contributed by atoms with van der Waals surface area (Å²) in [7, 11) is 1.82. The largest absolute Gasteiger partial charge is 0.399 e. The Bertz CT molecular complexity index is 464. The van der Waals surface area contributed by atoms with Gasteiger partial charge in [-0.2, -0.15) is 5.10 Å². The summed E-state index contributed by atoms with van der Waals surface area (Å²) in [6, 6.07) is 7.22. The summed E-state index contributed by atoms with van der Waals surface area (Å²) < 4.78 is 1.66. The van der Waals surface area contributed by atoms with Gasteiger partial charge >= 0.3 is 0 Å². The number of rotatable bonds is 2. The average Bonchev–Trinajstić information content (AvgIpc) is 2.64. The lowest BCUT2D eigenvalue weighted by Crippen LogP contribution is -1.99. The van der Waals surface area contributed by atoms with Crippen molar-refractivity contribution in [2.24, 2.45) is 7.05 Å². The summed E-state index contributed by atoms with van der Waals surface area (Å²) in [4.78, 5) is 0. The van der Waals surface area contributed by atoms with Crippen LogP contribution in [0.4, 0.5) is 5.69 Å². The van der Waals surface area contributed by atoms with E-state index in [2.05, 4.69) is 5.10 Å². The van der Waals surface area contributed by atoms with Gasteiger partial charge in [-0.05, 0) is 17.7 Å². The third-order valence-electron chi connectivity index (χ3n) is 2.27. The van der Waals surface area contributed by atoms with Crippen molar-refractivity contribution in [3.63, 3.8) is 0 Å². The SMILES string of the molecule is Cn1cc(C(O)c2cccc(N)c2)cn1. The maximum atomic E-state index is 10.0. The highest BCUT2D eigenvalue weighted by atomic mass is 16.3. The molecule has 0 radical (unpaired) electrons. The van der Waals surface area contributed by atoms with Gasteiger partial charge in [0.25, 0.3) is 0 Å². The Kier molecular flexibility index (Phi) is 2.43. The molecule has 0 saturated carbocycles. The molecule has 0 amide bonds. The molecule has 1 aromatic heterocycles. The second kappa shape index (κ2) is 3.74. The van der Waals surface area contributed by atoms with Crippen LogP contribution in [0, 0.1) is 0 Å². The maximum Gasteiger partial charge on any atom is 0.107 e. The predicted molar refractivity (Wildman–Crippen MR) is 58.1 cm³/mol. The Morgan fingerprint density at radius 1 is 1.40 bits per heavy atom. The van der Waals surface area contributed by atoms with E-state index in [0.717, 1.165) is 11.1 Å². The van der Waals surface area contributed by atoms with Gasteiger partial charge in [-0.1, -0.05) is 12.1 Å². The van der Waals surface area contributed by atoms with Crippen LogP contribution in [-0.4, -0.2) is 14.9 Å². The number of aliphatic hydroxyl groups excluding tert-OH is 1. The van der Waals surface area contributed by atoms with Crippen LogP contribution in [0.3, 0.4) is 0 Å². The first-order valence-corrected chi connectivity index (χ1v) is 4.69. The number of aryl methyl sites for hydroxylation is 1. The molecule has 2 aromatic rings. The third kappa shape index (κ3) is 1.99. The van der Waals surface area contributed by atoms with E-state index in [0.29, 0.717) is 5.69 Å². The van der Waals surface area contributed by atoms with Crippen LogP contribution >= 0.6 is 0 Å². The monoisotopic (exact) mass is 203 g/mol. The van der Waals surface area contributed by atoms with Gasteiger partial charge < -0.3 is 10.8 Å². The first kappa shape index (κ1) is 9.73. The van der Waals surface area contributed by atoms with Gasteiger partial charge in [0.05, 0.1) is 6.20 Å². The number of hydrogen-bond acceptors (Lipinski definition) is 3. The Morgan fingerprint density at radius 2 is 2.20 bits per heavy atom. The fourth-order valence-electron chi connectivity index (χ4n) is 1.50. The van der Waals surface area contributed by atoms with E-state index < -0.39 is 6.10 Å². The Labute approximate surface area is 88.0 Å². The molecular weight excluding hydrogens is 190 g/mol. The predicted octanol–water partition coefficient (Wildman–Crippen LogP) is 1.08. The topological polar surface area (TPSA) is 64.1 Å². The highest BCUT2D eigenvalue weighted by Crippen LogP contribution is 2.22. The fourth-order valence-corrected chi connectivity index (χ4v) is 1.50. The van der Waals surface area contributed by atoms with Crippen LogP contribution in [0.5, 0.6) is 0 Å².